The van der Waals surface area contributed by atoms with Crippen LogP contribution in [-0.4, -0.2) is 18.8 Å². The lowest BCUT2D eigenvalue weighted by atomic mass is 9.66. The molecule has 27 heavy (non-hydrogen) atoms. The minimum Gasteiger partial charge on any atom is -0.375 e. The van der Waals surface area contributed by atoms with Crippen LogP contribution in [0.3, 0.4) is 0 Å². The zero-order valence-corrected chi connectivity index (χ0v) is 17.7. The van der Waals surface area contributed by atoms with Crippen LogP contribution in [0.25, 0.3) is 0 Å². The SMILES string of the molecule is C=C/C=C(\C=C)[C@]1(CCNCc2cc(C)cc(C)c2)CCOC(C)(CC)C1. The summed E-state index contributed by atoms with van der Waals surface area (Å²) in [6.45, 7) is 19.5. The summed E-state index contributed by atoms with van der Waals surface area (Å²) in [4.78, 5) is 0. The molecule has 0 amide bonds. The average Bonchev–Trinajstić information content (AvgIpc) is 2.62. The van der Waals surface area contributed by atoms with Crippen LogP contribution < -0.4 is 5.32 Å². The lowest BCUT2D eigenvalue weighted by molar-refractivity contribution is -0.109. The van der Waals surface area contributed by atoms with Crippen LogP contribution in [0.5, 0.6) is 0 Å². The van der Waals surface area contributed by atoms with Gasteiger partial charge in [-0.05, 0) is 64.1 Å². The summed E-state index contributed by atoms with van der Waals surface area (Å²) in [5.74, 6) is 0. The van der Waals surface area contributed by atoms with Crippen LogP contribution in [0, 0.1) is 19.3 Å². The summed E-state index contributed by atoms with van der Waals surface area (Å²) >= 11 is 0. The summed E-state index contributed by atoms with van der Waals surface area (Å²) in [5, 5.41) is 3.67. The molecule has 0 radical (unpaired) electrons. The van der Waals surface area contributed by atoms with Crippen molar-refractivity contribution in [1.29, 1.82) is 0 Å². The van der Waals surface area contributed by atoms with Gasteiger partial charge >= 0.3 is 0 Å². The fourth-order valence-electron chi connectivity index (χ4n) is 4.50. The summed E-state index contributed by atoms with van der Waals surface area (Å²) in [6.07, 6.45) is 10.2. The molecule has 1 aromatic rings. The predicted molar refractivity (Wildman–Crippen MR) is 117 cm³/mol. The average molecular weight is 368 g/mol. The molecule has 1 unspecified atom stereocenters. The number of allylic oxidation sites excluding steroid dienone is 4. The maximum absolute atomic E-state index is 6.14. The van der Waals surface area contributed by atoms with Crippen molar-refractivity contribution in [2.24, 2.45) is 5.41 Å². The highest BCUT2D eigenvalue weighted by atomic mass is 16.5. The van der Waals surface area contributed by atoms with Crippen LogP contribution in [-0.2, 0) is 11.3 Å². The third kappa shape index (κ3) is 5.67. The van der Waals surface area contributed by atoms with Crippen LogP contribution in [0.15, 0.2) is 55.2 Å². The van der Waals surface area contributed by atoms with Gasteiger partial charge in [0, 0.05) is 18.6 Å². The molecule has 0 spiro atoms. The van der Waals surface area contributed by atoms with Crippen LogP contribution in [0.4, 0.5) is 0 Å². The molecule has 1 aliphatic rings. The van der Waals surface area contributed by atoms with Crippen molar-refractivity contribution >= 4 is 0 Å². The first-order valence-electron chi connectivity index (χ1n) is 10.2. The van der Waals surface area contributed by atoms with Crippen LogP contribution >= 0.6 is 0 Å². The smallest absolute Gasteiger partial charge is 0.0660 e. The van der Waals surface area contributed by atoms with Crippen LogP contribution in [0.2, 0.25) is 0 Å². The summed E-state index contributed by atoms with van der Waals surface area (Å²) in [5.41, 5.74) is 5.36. The van der Waals surface area contributed by atoms with Gasteiger partial charge in [0.1, 0.15) is 0 Å². The van der Waals surface area contributed by atoms with E-state index in [-0.39, 0.29) is 11.0 Å². The predicted octanol–water partition coefficient (Wildman–Crippen LogP) is 6.05. The number of ether oxygens (including phenoxy) is 1. The molecule has 1 aliphatic heterocycles. The molecule has 1 heterocycles. The molecule has 0 saturated carbocycles. The van der Waals surface area contributed by atoms with E-state index in [1.165, 1.54) is 22.3 Å². The molecule has 1 N–H and O–H groups in total. The standard InChI is InChI=1S/C25H37NO/c1-7-10-23(8-2)25(12-14-27-24(6,9-3)19-25)11-13-26-18-22-16-20(4)15-21(5)17-22/h7-8,10,15-17,26H,1-2,9,11-14,18-19H2,3-6H3/b23-10+/t24?,25-/m1/s1. The highest BCUT2D eigenvalue weighted by Crippen LogP contribution is 2.48. The molecule has 148 valence electrons. The monoisotopic (exact) mass is 367 g/mol. The molecule has 2 atom stereocenters. The molecule has 2 nitrogen and oxygen atoms in total. The van der Waals surface area contributed by atoms with Gasteiger partial charge in [0.2, 0.25) is 0 Å². The van der Waals surface area contributed by atoms with Crippen molar-refractivity contribution in [2.45, 2.75) is 65.5 Å². The molecule has 1 aromatic carbocycles. The number of hydrogen-bond acceptors (Lipinski definition) is 2. The molecule has 2 heteroatoms. The largest absolute Gasteiger partial charge is 0.375 e. The van der Waals surface area contributed by atoms with E-state index < -0.39 is 0 Å². The number of nitrogens with one attached hydrogen (secondary N) is 1. The maximum Gasteiger partial charge on any atom is 0.0660 e. The normalized spacial score (nSPS) is 26.0. The minimum absolute atomic E-state index is 0.0603. The lowest BCUT2D eigenvalue weighted by Crippen LogP contribution is -2.44. The van der Waals surface area contributed by atoms with E-state index >= 15 is 0 Å². The topological polar surface area (TPSA) is 21.3 Å². The van der Waals surface area contributed by atoms with Gasteiger partial charge in [-0.2, -0.15) is 0 Å². The third-order valence-electron chi connectivity index (χ3n) is 6.01. The van der Waals surface area contributed by atoms with Gasteiger partial charge < -0.3 is 10.1 Å². The van der Waals surface area contributed by atoms with Gasteiger partial charge in [-0.3, -0.25) is 0 Å². The Hall–Kier alpha value is -1.64. The zero-order valence-electron chi connectivity index (χ0n) is 17.7. The van der Waals surface area contributed by atoms with Crippen molar-refractivity contribution in [3.05, 3.63) is 71.8 Å². The molecule has 1 saturated heterocycles. The highest BCUT2D eigenvalue weighted by Gasteiger charge is 2.43. The Balaban J connectivity index is 2.09. The molecule has 0 aromatic heterocycles. The Morgan fingerprint density at radius 2 is 1.93 bits per heavy atom. The van der Waals surface area contributed by atoms with E-state index in [1.54, 1.807) is 0 Å². The van der Waals surface area contributed by atoms with E-state index in [0.29, 0.717) is 0 Å². The van der Waals surface area contributed by atoms with Crippen molar-refractivity contribution in [3.63, 3.8) is 0 Å². The van der Waals surface area contributed by atoms with E-state index in [9.17, 15) is 0 Å². The summed E-state index contributed by atoms with van der Waals surface area (Å²) in [6, 6.07) is 6.76. The van der Waals surface area contributed by atoms with Gasteiger partial charge in [-0.1, -0.05) is 67.6 Å². The number of benzene rings is 1. The first-order valence-corrected chi connectivity index (χ1v) is 10.2. The van der Waals surface area contributed by atoms with Gasteiger partial charge in [0.05, 0.1) is 5.60 Å². The van der Waals surface area contributed by atoms with Gasteiger partial charge in [-0.15, -0.1) is 0 Å². The first kappa shape index (κ1) is 21.7. The fourth-order valence-corrected chi connectivity index (χ4v) is 4.50. The Kier molecular flexibility index (Phi) is 7.64. The Morgan fingerprint density at radius 3 is 2.52 bits per heavy atom. The second-order valence-corrected chi connectivity index (χ2v) is 8.34. The third-order valence-corrected chi connectivity index (χ3v) is 6.01. The molecule has 0 aliphatic carbocycles. The van der Waals surface area contributed by atoms with Gasteiger partial charge in [0.15, 0.2) is 0 Å². The fraction of sp³-hybridized carbons (Fsp3) is 0.520. The van der Waals surface area contributed by atoms with Gasteiger partial charge in [-0.25, -0.2) is 0 Å². The molecule has 2 rings (SSSR count). The zero-order chi connectivity index (χ0) is 19.9. The van der Waals surface area contributed by atoms with Crippen LogP contribution in [0.1, 0.15) is 56.2 Å². The van der Waals surface area contributed by atoms with Gasteiger partial charge in [0.25, 0.3) is 0 Å². The van der Waals surface area contributed by atoms with E-state index in [4.69, 9.17) is 4.74 Å². The first-order chi connectivity index (χ1) is 12.9. The Labute approximate surface area is 166 Å². The quantitative estimate of drug-likeness (QED) is 0.424. The van der Waals surface area contributed by atoms with E-state index in [2.05, 4.69) is 70.4 Å². The molecule has 0 bridgehead atoms. The number of rotatable bonds is 9. The molecule has 1 fully saturated rings. The molecular weight excluding hydrogens is 330 g/mol. The van der Waals surface area contributed by atoms with Crippen molar-refractivity contribution < 1.29 is 4.74 Å². The van der Waals surface area contributed by atoms with Crippen molar-refractivity contribution in [1.82, 2.24) is 5.32 Å². The lowest BCUT2D eigenvalue weighted by Gasteiger charge is -2.47. The minimum atomic E-state index is -0.0603. The maximum atomic E-state index is 6.14. The highest BCUT2D eigenvalue weighted by molar-refractivity contribution is 5.31. The van der Waals surface area contributed by atoms with E-state index in [1.807, 2.05) is 12.2 Å². The second-order valence-electron chi connectivity index (χ2n) is 8.34. The Morgan fingerprint density at radius 1 is 1.22 bits per heavy atom. The Bertz CT molecular complexity index is 669. The van der Waals surface area contributed by atoms with E-state index in [0.717, 1.165) is 45.4 Å². The number of hydrogen-bond donors (Lipinski definition) is 1. The second kappa shape index (κ2) is 9.52. The van der Waals surface area contributed by atoms with Crippen molar-refractivity contribution in [2.75, 3.05) is 13.2 Å². The summed E-state index contributed by atoms with van der Waals surface area (Å²) < 4.78 is 6.14. The summed E-state index contributed by atoms with van der Waals surface area (Å²) in [7, 11) is 0. The number of aryl methyl sites for hydroxylation is 2. The molecular formula is C25H37NO. The van der Waals surface area contributed by atoms with Crippen molar-refractivity contribution in [3.8, 4) is 0 Å².